The maximum absolute atomic E-state index is 2.43. The van der Waals surface area contributed by atoms with Crippen LogP contribution in [0.1, 0.15) is 37.9 Å². The molecule has 21 heavy (non-hydrogen) atoms. The number of fused-ring (bicyclic) bond motifs is 1. The molecule has 0 N–H and O–H groups in total. The van der Waals surface area contributed by atoms with Crippen LogP contribution in [0.25, 0.3) is 0 Å². The fourth-order valence-corrected chi connectivity index (χ4v) is 2.93. The third kappa shape index (κ3) is 2.71. The Morgan fingerprint density at radius 1 is 0.905 bits per heavy atom. The molecule has 0 aromatic heterocycles. The molecule has 0 bridgehead atoms. The molecule has 0 spiro atoms. The van der Waals surface area contributed by atoms with E-state index in [0.717, 1.165) is 6.54 Å². The Kier molecular flexibility index (Phi) is 3.78. The van der Waals surface area contributed by atoms with E-state index < -0.39 is 0 Å². The van der Waals surface area contributed by atoms with Crippen molar-refractivity contribution >= 4 is 12.0 Å². The summed E-state index contributed by atoms with van der Waals surface area (Å²) in [6.07, 6.45) is 2.28. The summed E-state index contributed by atoms with van der Waals surface area (Å²) in [5.74, 6) is 0. The largest absolute Gasteiger partial charge is 0.257 e. The number of para-hydroxylation sites is 1. The lowest BCUT2D eigenvalue weighted by molar-refractivity contribution is -0.582. The van der Waals surface area contributed by atoms with Crippen LogP contribution in [-0.4, -0.2) is 17.0 Å². The van der Waals surface area contributed by atoms with Gasteiger partial charge in [0, 0.05) is 5.56 Å². The molecule has 1 heterocycles. The van der Waals surface area contributed by atoms with Crippen molar-refractivity contribution in [1.82, 2.24) is 0 Å². The highest BCUT2D eigenvalue weighted by atomic mass is 15.3. The predicted octanol–water partition coefficient (Wildman–Crippen LogP) is 4.22. The maximum Gasteiger partial charge on any atom is 0.240 e. The second-order valence-corrected chi connectivity index (χ2v) is 6.00. The first-order valence-corrected chi connectivity index (χ1v) is 7.68. The molecule has 108 valence electrons. The number of rotatable bonds is 3. The molecular formula is C19H23N2+. The van der Waals surface area contributed by atoms with Crippen molar-refractivity contribution in [2.24, 2.45) is 0 Å². The maximum atomic E-state index is 2.43. The average molecular weight is 279 g/mol. The zero-order valence-corrected chi connectivity index (χ0v) is 13.0. The molecule has 2 aromatic rings. The molecule has 0 saturated heterocycles. The highest BCUT2D eigenvalue weighted by Gasteiger charge is 2.28. The molecular weight excluding hydrogens is 256 g/mol. The van der Waals surface area contributed by atoms with Crippen molar-refractivity contribution in [3.05, 3.63) is 65.7 Å². The first kappa shape index (κ1) is 13.9. The molecule has 1 aliphatic rings. The van der Waals surface area contributed by atoms with Crippen LogP contribution in [0.5, 0.6) is 0 Å². The highest BCUT2D eigenvalue weighted by Crippen LogP contribution is 2.28. The molecule has 0 amide bonds. The van der Waals surface area contributed by atoms with Crippen LogP contribution < -0.4 is 4.90 Å². The second-order valence-electron chi connectivity index (χ2n) is 6.00. The van der Waals surface area contributed by atoms with Gasteiger partial charge in [-0.1, -0.05) is 48.5 Å². The lowest BCUT2D eigenvalue weighted by atomic mass is 10.0. The van der Waals surface area contributed by atoms with Gasteiger partial charge in [-0.3, -0.25) is 4.58 Å². The molecule has 0 unspecified atom stereocenters. The summed E-state index contributed by atoms with van der Waals surface area (Å²) in [6.45, 7) is 7.72. The van der Waals surface area contributed by atoms with Crippen LogP contribution in [0.3, 0.4) is 0 Å². The van der Waals surface area contributed by atoms with Crippen LogP contribution >= 0.6 is 0 Å². The minimum absolute atomic E-state index is 0.376. The monoisotopic (exact) mass is 279 g/mol. The van der Waals surface area contributed by atoms with Gasteiger partial charge in [-0.05, 0) is 32.4 Å². The summed E-state index contributed by atoms with van der Waals surface area (Å²) in [6, 6.07) is 20.3. The van der Waals surface area contributed by atoms with Gasteiger partial charge in [-0.15, -0.1) is 0 Å². The second kappa shape index (κ2) is 5.72. The summed E-state index contributed by atoms with van der Waals surface area (Å²) in [5, 5.41) is 0. The summed E-state index contributed by atoms with van der Waals surface area (Å²) in [5.41, 5.74) is 4.09. The van der Waals surface area contributed by atoms with Gasteiger partial charge < -0.3 is 0 Å². The lowest BCUT2D eigenvalue weighted by Crippen LogP contribution is -2.39. The van der Waals surface area contributed by atoms with E-state index in [0.29, 0.717) is 12.1 Å². The number of anilines is 1. The van der Waals surface area contributed by atoms with Gasteiger partial charge >= 0.3 is 0 Å². The van der Waals surface area contributed by atoms with E-state index in [-0.39, 0.29) is 0 Å². The Labute approximate surface area is 127 Å². The van der Waals surface area contributed by atoms with Crippen LogP contribution in [0.15, 0.2) is 54.6 Å². The van der Waals surface area contributed by atoms with E-state index in [1.807, 2.05) is 0 Å². The molecule has 0 radical (unpaired) electrons. The van der Waals surface area contributed by atoms with Crippen molar-refractivity contribution in [2.45, 2.75) is 39.4 Å². The zero-order valence-electron chi connectivity index (χ0n) is 13.0. The summed E-state index contributed by atoms with van der Waals surface area (Å²) in [7, 11) is 0. The van der Waals surface area contributed by atoms with Gasteiger partial charge in [0.25, 0.3) is 0 Å². The smallest absolute Gasteiger partial charge is 0.240 e. The van der Waals surface area contributed by atoms with Crippen LogP contribution in [0.2, 0.25) is 0 Å². The summed E-state index contributed by atoms with van der Waals surface area (Å²) < 4.78 is 2.43. The topological polar surface area (TPSA) is 6.25 Å². The van der Waals surface area contributed by atoms with Gasteiger partial charge in [0.1, 0.15) is 18.3 Å². The van der Waals surface area contributed by atoms with Crippen LogP contribution in [0, 0.1) is 0 Å². The Balaban J connectivity index is 1.97. The van der Waals surface area contributed by atoms with E-state index in [1.165, 1.54) is 16.8 Å². The van der Waals surface area contributed by atoms with E-state index in [1.54, 1.807) is 0 Å². The zero-order chi connectivity index (χ0) is 14.8. The van der Waals surface area contributed by atoms with Gasteiger partial charge in [0.05, 0.1) is 6.04 Å². The average Bonchev–Trinajstić information content (AvgIpc) is 2.53. The van der Waals surface area contributed by atoms with Gasteiger partial charge in [0.2, 0.25) is 6.34 Å². The molecule has 0 saturated carbocycles. The van der Waals surface area contributed by atoms with Gasteiger partial charge in [-0.2, -0.15) is 0 Å². The van der Waals surface area contributed by atoms with Crippen molar-refractivity contribution < 1.29 is 4.58 Å². The van der Waals surface area contributed by atoms with E-state index in [9.17, 15) is 0 Å². The first-order chi connectivity index (χ1) is 10.2. The summed E-state index contributed by atoms with van der Waals surface area (Å²) in [4.78, 5) is 2.37. The van der Waals surface area contributed by atoms with Crippen molar-refractivity contribution in [3.8, 4) is 0 Å². The van der Waals surface area contributed by atoms with Crippen molar-refractivity contribution in [2.75, 3.05) is 4.90 Å². The Morgan fingerprint density at radius 3 is 2.29 bits per heavy atom. The summed E-state index contributed by atoms with van der Waals surface area (Å²) >= 11 is 0. The van der Waals surface area contributed by atoms with Crippen LogP contribution in [0.4, 0.5) is 5.69 Å². The third-order valence-electron chi connectivity index (χ3n) is 4.23. The Morgan fingerprint density at radius 2 is 1.57 bits per heavy atom. The SMILES string of the molecule is CC(C)N1C=[N+]([C@@H](C)c2ccccc2)Cc2ccccc21. The van der Waals surface area contributed by atoms with E-state index in [4.69, 9.17) is 0 Å². The normalized spacial score (nSPS) is 15.6. The molecule has 0 fully saturated rings. The number of nitrogens with zero attached hydrogens (tertiary/aromatic N) is 2. The molecule has 1 aliphatic heterocycles. The van der Waals surface area contributed by atoms with E-state index >= 15 is 0 Å². The quantitative estimate of drug-likeness (QED) is 0.763. The molecule has 1 atom stereocenters. The number of hydrogen-bond acceptors (Lipinski definition) is 1. The molecule has 3 rings (SSSR count). The molecule has 0 aliphatic carbocycles. The lowest BCUT2D eigenvalue weighted by Gasteiger charge is -2.28. The van der Waals surface area contributed by atoms with Gasteiger partial charge in [0.15, 0.2) is 0 Å². The molecule has 2 aromatic carbocycles. The standard InChI is InChI=1S/C19H23N2/c1-15(2)21-14-20(13-18-11-7-8-12-19(18)21)16(3)17-9-5-4-6-10-17/h4-12,14-16H,13H2,1-3H3/q+1/t16-/m0/s1. The number of hydrogen-bond donors (Lipinski definition) is 0. The van der Waals surface area contributed by atoms with Crippen molar-refractivity contribution in [1.29, 1.82) is 0 Å². The van der Waals surface area contributed by atoms with Gasteiger partial charge in [-0.25, -0.2) is 4.90 Å². The third-order valence-corrected chi connectivity index (χ3v) is 4.23. The minimum atomic E-state index is 0.376. The molecule has 2 nitrogen and oxygen atoms in total. The Hall–Kier alpha value is -2.09. The molecule has 2 heteroatoms. The first-order valence-electron chi connectivity index (χ1n) is 7.68. The minimum Gasteiger partial charge on any atom is -0.257 e. The number of benzene rings is 2. The van der Waals surface area contributed by atoms with Crippen LogP contribution in [-0.2, 0) is 6.54 Å². The Bertz CT molecular complexity index is 644. The fraction of sp³-hybridized carbons (Fsp3) is 0.316. The predicted molar refractivity (Wildman–Crippen MR) is 88.9 cm³/mol. The fourth-order valence-electron chi connectivity index (χ4n) is 2.93. The highest BCUT2D eigenvalue weighted by molar-refractivity contribution is 5.79. The van der Waals surface area contributed by atoms with Crippen molar-refractivity contribution in [3.63, 3.8) is 0 Å². The van der Waals surface area contributed by atoms with E-state index in [2.05, 4.69) is 91.2 Å².